The highest BCUT2D eigenvalue weighted by molar-refractivity contribution is 6.26. The van der Waals surface area contributed by atoms with E-state index in [2.05, 4.69) is 109 Å². The minimum Gasteiger partial charge on any atom is -0.282 e. The number of amidine groups is 1. The molecule has 1 N–H and O–H groups in total. The zero-order chi connectivity index (χ0) is 24.5. The van der Waals surface area contributed by atoms with Crippen molar-refractivity contribution in [3.05, 3.63) is 133 Å². The van der Waals surface area contributed by atoms with Crippen molar-refractivity contribution < 1.29 is 0 Å². The monoisotopic (exact) mass is 460 g/mol. The van der Waals surface area contributed by atoms with Crippen LogP contribution < -0.4 is 0 Å². The van der Waals surface area contributed by atoms with Crippen LogP contribution in [0.5, 0.6) is 0 Å². The van der Waals surface area contributed by atoms with Gasteiger partial charge in [-0.25, -0.2) is 4.99 Å². The number of nitrogens with one attached hydrogen (secondary N) is 1. The molecular weight excluding hydrogens is 436 g/mol. The van der Waals surface area contributed by atoms with E-state index in [0.717, 1.165) is 27.5 Å². The number of allylic oxidation sites excluding steroid dienone is 3. The molecule has 0 saturated carbocycles. The summed E-state index contributed by atoms with van der Waals surface area (Å²) in [5, 5.41) is 18.5. The normalized spacial score (nSPS) is 11.9. The minimum absolute atomic E-state index is 0.230. The maximum atomic E-state index is 8.77. The van der Waals surface area contributed by atoms with Crippen molar-refractivity contribution in [2.24, 2.45) is 4.99 Å². The summed E-state index contributed by atoms with van der Waals surface area (Å²) in [6.45, 7) is 3.69. The van der Waals surface area contributed by atoms with Crippen LogP contribution >= 0.6 is 0 Å². The first-order chi connectivity index (χ1) is 17.8. The van der Waals surface area contributed by atoms with E-state index in [0.29, 0.717) is 0 Å². The summed E-state index contributed by atoms with van der Waals surface area (Å²) < 4.78 is 0. The Balaban J connectivity index is 1.66. The van der Waals surface area contributed by atoms with Crippen LogP contribution in [0.2, 0.25) is 0 Å². The quantitative estimate of drug-likeness (QED) is 0.118. The van der Waals surface area contributed by atoms with Crippen LogP contribution in [0.15, 0.2) is 133 Å². The summed E-state index contributed by atoms with van der Waals surface area (Å²) in [5.41, 5.74) is 2.92. The molecule has 6 rings (SSSR count). The molecule has 0 bridgehead atoms. The van der Waals surface area contributed by atoms with Gasteiger partial charge in [-0.05, 0) is 66.9 Å². The average Bonchev–Trinajstić information content (AvgIpc) is 2.94. The predicted octanol–water partition coefficient (Wildman–Crippen LogP) is 9.10. The van der Waals surface area contributed by atoms with Gasteiger partial charge in [0.1, 0.15) is 0 Å². The standard InChI is InChI=1S/C34H24N2/c1-2-3-10-21-36-34(35)31-20-17-23-11-4-5-12-25(23)33(31)24-18-19-30-28-15-7-6-13-26(28)27-14-8-9-16-29(27)32(30)22-24/h2-22,35H,1H2/b10-3+,35-34?,36-21?. The first-order valence-corrected chi connectivity index (χ1v) is 12.0. The molecule has 0 aliphatic heterocycles. The first-order valence-electron chi connectivity index (χ1n) is 12.0. The van der Waals surface area contributed by atoms with Crippen molar-refractivity contribution in [1.82, 2.24) is 0 Å². The Labute approximate surface area is 210 Å². The van der Waals surface area contributed by atoms with Crippen LogP contribution in [0, 0.1) is 5.41 Å². The fraction of sp³-hybridized carbons (Fsp3) is 0. The average molecular weight is 461 g/mol. The van der Waals surface area contributed by atoms with Gasteiger partial charge in [-0.15, -0.1) is 0 Å². The molecular formula is C34H24N2. The molecule has 0 heterocycles. The molecule has 2 nitrogen and oxygen atoms in total. The second-order valence-electron chi connectivity index (χ2n) is 8.81. The molecule has 0 radical (unpaired) electrons. The van der Waals surface area contributed by atoms with E-state index in [1.165, 1.54) is 32.3 Å². The van der Waals surface area contributed by atoms with Gasteiger partial charge in [0, 0.05) is 17.3 Å². The second kappa shape index (κ2) is 9.09. The molecule has 0 aliphatic rings. The molecule has 0 fully saturated rings. The highest BCUT2D eigenvalue weighted by Gasteiger charge is 2.15. The number of aliphatic imine (C=N–C) groups is 1. The topological polar surface area (TPSA) is 36.2 Å². The van der Waals surface area contributed by atoms with Crippen molar-refractivity contribution in [3.8, 4) is 11.1 Å². The van der Waals surface area contributed by atoms with E-state index in [1.54, 1.807) is 24.4 Å². The fourth-order valence-electron chi connectivity index (χ4n) is 5.16. The van der Waals surface area contributed by atoms with Crippen LogP contribution in [0.25, 0.3) is 54.2 Å². The summed E-state index contributed by atoms with van der Waals surface area (Å²) in [6.07, 6.45) is 6.93. The van der Waals surface area contributed by atoms with Crippen molar-refractivity contribution >= 4 is 55.1 Å². The lowest BCUT2D eigenvalue weighted by Gasteiger charge is -2.15. The van der Waals surface area contributed by atoms with E-state index in [-0.39, 0.29) is 5.84 Å². The molecule has 2 heteroatoms. The van der Waals surface area contributed by atoms with Crippen LogP contribution in [0.1, 0.15) is 5.56 Å². The number of fused-ring (bicyclic) bond motifs is 7. The SMILES string of the molecule is C=C/C=C/C=NC(=N)c1ccc2ccccc2c1-c1ccc2c3ccccc3c3ccccc3c2c1. The predicted molar refractivity (Wildman–Crippen MR) is 157 cm³/mol. The van der Waals surface area contributed by atoms with Gasteiger partial charge in [-0.3, -0.25) is 5.41 Å². The number of hydrogen-bond acceptors (Lipinski definition) is 1. The van der Waals surface area contributed by atoms with E-state index in [4.69, 9.17) is 5.41 Å². The molecule has 0 unspecified atom stereocenters. The molecule has 6 aromatic carbocycles. The molecule has 170 valence electrons. The van der Waals surface area contributed by atoms with Gasteiger partial charge in [0.25, 0.3) is 0 Å². The lowest BCUT2D eigenvalue weighted by molar-refractivity contribution is 1.43. The third-order valence-electron chi connectivity index (χ3n) is 6.75. The lowest BCUT2D eigenvalue weighted by atomic mass is 9.89. The van der Waals surface area contributed by atoms with E-state index in [9.17, 15) is 0 Å². The maximum absolute atomic E-state index is 8.77. The van der Waals surface area contributed by atoms with Crippen LogP contribution in [-0.2, 0) is 0 Å². The Morgan fingerprint density at radius 1 is 0.611 bits per heavy atom. The Kier molecular flexibility index (Phi) is 5.48. The fourth-order valence-corrected chi connectivity index (χ4v) is 5.16. The number of nitrogens with zero attached hydrogens (tertiary/aromatic N) is 1. The van der Waals surface area contributed by atoms with Gasteiger partial charge < -0.3 is 0 Å². The zero-order valence-electron chi connectivity index (χ0n) is 19.8. The lowest BCUT2D eigenvalue weighted by Crippen LogP contribution is -2.00. The van der Waals surface area contributed by atoms with Crippen LogP contribution in [0.3, 0.4) is 0 Å². The Morgan fingerprint density at radius 3 is 1.86 bits per heavy atom. The molecule has 0 saturated heterocycles. The molecule has 6 aromatic rings. The van der Waals surface area contributed by atoms with Crippen LogP contribution in [-0.4, -0.2) is 12.1 Å². The summed E-state index contributed by atoms with van der Waals surface area (Å²) in [6, 6.07) is 36.4. The summed E-state index contributed by atoms with van der Waals surface area (Å²) in [7, 11) is 0. The Bertz CT molecular complexity index is 1840. The maximum Gasteiger partial charge on any atom is 0.152 e. The van der Waals surface area contributed by atoms with Gasteiger partial charge in [0.05, 0.1) is 0 Å². The van der Waals surface area contributed by atoms with Gasteiger partial charge in [0.15, 0.2) is 5.84 Å². The number of hydrogen-bond donors (Lipinski definition) is 1. The molecule has 0 aliphatic carbocycles. The third kappa shape index (κ3) is 3.60. The van der Waals surface area contributed by atoms with Gasteiger partial charge in [0.2, 0.25) is 0 Å². The third-order valence-corrected chi connectivity index (χ3v) is 6.75. The van der Waals surface area contributed by atoms with E-state index in [1.807, 2.05) is 6.07 Å². The number of benzene rings is 6. The first kappa shape index (κ1) is 21.7. The molecule has 0 spiro atoms. The van der Waals surface area contributed by atoms with Gasteiger partial charge in [-0.1, -0.05) is 110 Å². The minimum atomic E-state index is 0.230. The van der Waals surface area contributed by atoms with Gasteiger partial charge >= 0.3 is 0 Å². The van der Waals surface area contributed by atoms with Crippen molar-refractivity contribution in [1.29, 1.82) is 5.41 Å². The van der Waals surface area contributed by atoms with Crippen molar-refractivity contribution in [2.75, 3.05) is 0 Å². The highest BCUT2D eigenvalue weighted by atomic mass is 14.8. The smallest absolute Gasteiger partial charge is 0.152 e. The van der Waals surface area contributed by atoms with E-state index < -0.39 is 0 Å². The van der Waals surface area contributed by atoms with Crippen LogP contribution in [0.4, 0.5) is 0 Å². The summed E-state index contributed by atoms with van der Waals surface area (Å²) in [5.74, 6) is 0.230. The molecule has 0 aromatic heterocycles. The zero-order valence-corrected chi connectivity index (χ0v) is 19.8. The Hall–Kier alpha value is -4.82. The molecule has 0 atom stereocenters. The van der Waals surface area contributed by atoms with Gasteiger partial charge in [-0.2, -0.15) is 0 Å². The molecule has 0 amide bonds. The number of rotatable bonds is 4. The van der Waals surface area contributed by atoms with E-state index >= 15 is 0 Å². The largest absolute Gasteiger partial charge is 0.282 e. The summed E-state index contributed by atoms with van der Waals surface area (Å²) in [4.78, 5) is 4.40. The van der Waals surface area contributed by atoms with Crippen molar-refractivity contribution in [2.45, 2.75) is 0 Å². The second-order valence-corrected chi connectivity index (χ2v) is 8.81. The highest BCUT2D eigenvalue weighted by Crippen LogP contribution is 2.39. The Morgan fingerprint density at radius 2 is 1.19 bits per heavy atom. The summed E-state index contributed by atoms with van der Waals surface area (Å²) >= 11 is 0. The van der Waals surface area contributed by atoms with Crippen molar-refractivity contribution in [3.63, 3.8) is 0 Å². The molecule has 36 heavy (non-hydrogen) atoms.